The second kappa shape index (κ2) is 9.30. The van der Waals surface area contributed by atoms with Gasteiger partial charge in [0, 0.05) is 18.0 Å². The summed E-state index contributed by atoms with van der Waals surface area (Å²) in [6.07, 6.45) is 1.85. The third-order valence-electron chi connectivity index (χ3n) is 5.96. The van der Waals surface area contributed by atoms with Crippen molar-refractivity contribution in [3.63, 3.8) is 0 Å². The largest absolute Gasteiger partial charge is 0.493 e. The van der Waals surface area contributed by atoms with Crippen LogP contribution < -0.4 is 4.74 Å². The molecule has 0 atom stereocenters. The molecule has 0 spiro atoms. The zero-order valence-corrected chi connectivity index (χ0v) is 21.6. The Morgan fingerprint density at radius 1 is 1.03 bits per heavy atom. The average Bonchev–Trinajstić information content (AvgIpc) is 3.40. The molecule has 0 saturated heterocycles. The lowest BCUT2D eigenvalue weighted by atomic mass is 9.99. The van der Waals surface area contributed by atoms with Crippen molar-refractivity contribution in [3.8, 4) is 22.7 Å². The summed E-state index contributed by atoms with van der Waals surface area (Å²) in [6.45, 7) is 12.4. The molecule has 0 radical (unpaired) electrons. The van der Waals surface area contributed by atoms with Crippen molar-refractivity contribution >= 4 is 16.7 Å². The first-order valence-corrected chi connectivity index (χ1v) is 11.8. The number of aryl methyl sites for hydroxylation is 1. The van der Waals surface area contributed by atoms with E-state index >= 15 is 0 Å². The maximum Gasteiger partial charge on any atom is 0.161 e. The Bertz CT molecular complexity index is 1360. The minimum absolute atomic E-state index is 0.0273. The van der Waals surface area contributed by atoms with Gasteiger partial charge in [0.1, 0.15) is 11.4 Å². The molecule has 2 aromatic carbocycles. The van der Waals surface area contributed by atoms with E-state index in [4.69, 9.17) is 14.6 Å². The Hall–Kier alpha value is -3.45. The van der Waals surface area contributed by atoms with Crippen molar-refractivity contribution in [1.82, 2.24) is 19.6 Å². The summed E-state index contributed by atoms with van der Waals surface area (Å²) in [5, 5.41) is 10.4. The number of hydrogen-bond donors (Lipinski definition) is 0. The topological polar surface area (TPSA) is 71.2 Å². The van der Waals surface area contributed by atoms with Crippen LogP contribution in [-0.4, -0.2) is 37.6 Å². The predicted molar refractivity (Wildman–Crippen MR) is 138 cm³/mol. The van der Waals surface area contributed by atoms with Gasteiger partial charge in [-0.3, -0.25) is 9.48 Å². The summed E-state index contributed by atoms with van der Waals surface area (Å²) < 4.78 is 15.8. The van der Waals surface area contributed by atoms with Gasteiger partial charge >= 0.3 is 0 Å². The second-order valence-corrected chi connectivity index (χ2v) is 10.6. The van der Waals surface area contributed by atoms with Gasteiger partial charge in [0.15, 0.2) is 5.78 Å². The first-order chi connectivity index (χ1) is 16.4. The van der Waals surface area contributed by atoms with E-state index in [9.17, 15) is 4.79 Å². The highest BCUT2D eigenvalue weighted by Crippen LogP contribution is 2.31. The van der Waals surface area contributed by atoms with Gasteiger partial charge in [-0.25, -0.2) is 4.68 Å². The summed E-state index contributed by atoms with van der Waals surface area (Å²) in [5.74, 6) is 0.778. The Kier molecular flexibility index (Phi) is 6.56. The molecule has 0 fully saturated rings. The second-order valence-electron chi connectivity index (χ2n) is 10.6. The number of benzene rings is 2. The van der Waals surface area contributed by atoms with Crippen LogP contribution in [0, 0.1) is 5.41 Å². The smallest absolute Gasteiger partial charge is 0.161 e. The number of carbonyl (C=O) groups excluding carboxylic acids is 1. The van der Waals surface area contributed by atoms with Crippen LogP contribution in [-0.2, 0) is 23.2 Å². The van der Waals surface area contributed by atoms with Crippen molar-refractivity contribution in [2.75, 3.05) is 6.61 Å². The van der Waals surface area contributed by atoms with Gasteiger partial charge in [0.2, 0.25) is 0 Å². The van der Waals surface area contributed by atoms with E-state index in [0.717, 1.165) is 39.3 Å². The van der Waals surface area contributed by atoms with Crippen LogP contribution in [0.15, 0.2) is 54.7 Å². The van der Waals surface area contributed by atoms with Crippen molar-refractivity contribution in [3.05, 3.63) is 60.4 Å². The summed E-state index contributed by atoms with van der Waals surface area (Å²) in [7, 11) is 1.93. The molecule has 0 aliphatic carbocycles. The minimum atomic E-state index is -0.882. The molecule has 0 N–H and O–H groups in total. The first kappa shape index (κ1) is 24.7. The number of rotatable bonds is 8. The molecular formula is C28H34N4O3. The number of para-hydroxylation sites is 1. The Balaban J connectivity index is 1.79. The Morgan fingerprint density at radius 2 is 1.77 bits per heavy atom. The van der Waals surface area contributed by atoms with Gasteiger partial charge < -0.3 is 9.47 Å². The number of fused-ring (bicyclic) bond motifs is 1. The molecule has 0 saturated carbocycles. The third-order valence-corrected chi connectivity index (χ3v) is 5.96. The molecular weight excluding hydrogens is 440 g/mol. The molecule has 0 amide bonds. The van der Waals surface area contributed by atoms with Crippen LogP contribution >= 0.6 is 0 Å². The molecule has 0 aliphatic heterocycles. The van der Waals surface area contributed by atoms with Gasteiger partial charge in [-0.2, -0.15) is 10.2 Å². The molecule has 2 aromatic heterocycles. The van der Waals surface area contributed by atoms with E-state index < -0.39 is 5.60 Å². The van der Waals surface area contributed by atoms with E-state index in [-0.39, 0.29) is 17.8 Å². The highest BCUT2D eigenvalue weighted by molar-refractivity contribution is 5.87. The quantitative estimate of drug-likeness (QED) is 0.326. The van der Waals surface area contributed by atoms with E-state index in [2.05, 4.69) is 25.9 Å². The molecule has 2 heterocycles. The zero-order chi connectivity index (χ0) is 25.4. The molecule has 184 valence electrons. The molecule has 0 bridgehead atoms. The Morgan fingerprint density at radius 3 is 2.49 bits per heavy atom. The van der Waals surface area contributed by atoms with Gasteiger partial charge in [0.05, 0.1) is 42.0 Å². The van der Waals surface area contributed by atoms with Gasteiger partial charge in [0.25, 0.3) is 0 Å². The molecule has 4 aromatic rings. The number of ketones is 1. The third kappa shape index (κ3) is 5.46. The number of aromatic nitrogens is 4. The van der Waals surface area contributed by atoms with Crippen molar-refractivity contribution in [1.29, 1.82) is 0 Å². The monoisotopic (exact) mass is 474 g/mol. The molecule has 7 heteroatoms. The zero-order valence-electron chi connectivity index (χ0n) is 21.6. The van der Waals surface area contributed by atoms with Crippen LogP contribution in [0.1, 0.15) is 47.2 Å². The number of nitrogens with zero attached hydrogens (tertiary/aromatic N) is 4. The van der Waals surface area contributed by atoms with E-state index in [0.29, 0.717) is 6.61 Å². The van der Waals surface area contributed by atoms with Crippen molar-refractivity contribution < 1.29 is 14.3 Å². The van der Waals surface area contributed by atoms with Gasteiger partial charge in [-0.1, -0.05) is 45.0 Å². The number of hydrogen-bond acceptors (Lipinski definition) is 5. The first-order valence-electron chi connectivity index (χ1n) is 11.8. The van der Waals surface area contributed by atoms with E-state index in [1.807, 2.05) is 71.1 Å². The summed E-state index contributed by atoms with van der Waals surface area (Å²) in [6, 6.07) is 16.1. The molecule has 35 heavy (non-hydrogen) atoms. The molecule has 7 nitrogen and oxygen atoms in total. The van der Waals surface area contributed by atoms with Crippen molar-refractivity contribution in [2.24, 2.45) is 12.5 Å². The fraction of sp³-hybridized carbons (Fsp3) is 0.393. The number of Topliss-reactive ketones (excluding diaryl/α,β-unsaturated/α-hetero) is 1. The lowest BCUT2D eigenvalue weighted by Crippen LogP contribution is -2.32. The van der Waals surface area contributed by atoms with Crippen LogP contribution in [0.3, 0.4) is 0 Å². The maximum atomic E-state index is 12.0. The van der Waals surface area contributed by atoms with Crippen LogP contribution in [0.5, 0.6) is 5.75 Å². The van der Waals surface area contributed by atoms with Crippen molar-refractivity contribution in [2.45, 2.75) is 53.8 Å². The fourth-order valence-electron chi connectivity index (χ4n) is 3.67. The Labute approximate surface area is 206 Å². The molecule has 0 unspecified atom stereocenters. The van der Waals surface area contributed by atoms with Crippen LogP contribution in [0.2, 0.25) is 0 Å². The molecule has 0 aliphatic rings. The van der Waals surface area contributed by atoms with E-state index in [1.54, 1.807) is 13.8 Å². The number of carbonyl (C=O) groups is 1. The normalized spacial score (nSPS) is 12.3. The fourth-order valence-corrected chi connectivity index (χ4v) is 3.67. The molecule has 4 rings (SSSR count). The minimum Gasteiger partial charge on any atom is -0.493 e. The lowest BCUT2D eigenvalue weighted by Gasteiger charge is -2.21. The van der Waals surface area contributed by atoms with E-state index in [1.165, 1.54) is 6.92 Å². The standard InChI is InChI=1S/C28H34N4O3/c1-19(33)28(5,6)35-17-22-15-25(20-10-8-12-23(14-20)34-18-27(2,3)4)32(30-22)24-13-9-11-21-16-29-31(7)26(21)24/h8-16H,17-18H2,1-7H3. The SMILES string of the molecule is CC(=O)C(C)(C)OCc1cc(-c2cccc(OCC(C)(C)C)c2)n(-c2cccc3cnn(C)c23)n1. The lowest BCUT2D eigenvalue weighted by molar-refractivity contribution is -0.139. The van der Waals surface area contributed by atoms with Crippen LogP contribution in [0.25, 0.3) is 27.8 Å². The number of ether oxygens (including phenoxy) is 2. The highest BCUT2D eigenvalue weighted by atomic mass is 16.5. The predicted octanol–water partition coefficient (Wildman–Crippen LogP) is 5.74. The van der Waals surface area contributed by atoms with Crippen LogP contribution in [0.4, 0.5) is 0 Å². The average molecular weight is 475 g/mol. The summed E-state index contributed by atoms with van der Waals surface area (Å²) in [4.78, 5) is 12.0. The summed E-state index contributed by atoms with van der Waals surface area (Å²) >= 11 is 0. The highest BCUT2D eigenvalue weighted by Gasteiger charge is 2.25. The summed E-state index contributed by atoms with van der Waals surface area (Å²) in [5.41, 5.74) is 3.67. The van der Waals surface area contributed by atoms with Gasteiger partial charge in [-0.15, -0.1) is 0 Å². The maximum absolute atomic E-state index is 12.0. The van der Waals surface area contributed by atoms with Gasteiger partial charge in [-0.05, 0) is 50.5 Å².